The standard InChI is InChI=1S/2C7H16/c1-5-7(3,4)6-2;1-5-7(4)6(2)3/h5-6H2,1-4H3;6-7H,5H2,1-4H3. The first-order valence-electron chi connectivity index (χ1n) is 6.30. The topological polar surface area (TPSA) is 0 Å². The van der Waals surface area contributed by atoms with Gasteiger partial charge in [0, 0.05) is 0 Å². The maximum absolute atomic E-state index is 2.30. The van der Waals surface area contributed by atoms with Crippen LogP contribution in [0.1, 0.15) is 74.7 Å². The van der Waals surface area contributed by atoms with E-state index < -0.39 is 0 Å². The van der Waals surface area contributed by atoms with Gasteiger partial charge in [-0.15, -0.1) is 0 Å². The van der Waals surface area contributed by atoms with Crippen molar-refractivity contribution in [3.63, 3.8) is 0 Å². The normalized spacial score (nSPS) is 13.5. The summed E-state index contributed by atoms with van der Waals surface area (Å²) in [6.45, 7) is 18.2. The van der Waals surface area contributed by atoms with Gasteiger partial charge in [0.05, 0.1) is 0 Å². The molecule has 0 aliphatic carbocycles. The Labute approximate surface area is 92.5 Å². The number of hydrogen-bond acceptors (Lipinski definition) is 0. The van der Waals surface area contributed by atoms with Crippen LogP contribution >= 0.6 is 0 Å². The van der Waals surface area contributed by atoms with E-state index in [0.717, 1.165) is 11.8 Å². The molecule has 0 fully saturated rings. The molecule has 1 unspecified atom stereocenters. The van der Waals surface area contributed by atoms with Gasteiger partial charge in [0.25, 0.3) is 0 Å². The Bertz CT molecular complexity index is 105. The Morgan fingerprint density at radius 3 is 1.21 bits per heavy atom. The van der Waals surface area contributed by atoms with Crippen LogP contribution in [0.2, 0.25) is 0 Å². The van der Waals surface area contributed by atoms with Gasteiger partial charge in [-0.05, 0) is 17.3 Å². The molecular weight excluding hydrogens is 168 g/mol. The maximum atomic E-state index is 2.30. The zero-order valence-electron chi connectivity index (χ0n) is 11.8. The number of hydrogen-bond donors (Lipinski definition) is 0. The quantitative estimate of drug-likeness (QED) is 0.560. The molecule has 0 aromatic heterocycles. The molecule has 0 aliphatic heterocycles. The molecule has 0 saturated carbocycles. The van der Waals surface area contributed by atoms with Crippen LogP contribution in [-0.4, -0.2) is 0 Å². The van der Waals surface area contributed by atoms with Crippen LogP contribution in [0.3, 0.4) is 0 Å². The summed E-state index contributed by atoms with van der Waals surface area (Å²) in [5, 5.41) is 0. The Balaban J connectivity index is 0. The van der Waals surface area contributed by atoms with E-state index in [9.17, 15) is 0 Å². The number of rotatable bonds is 4. The molecule has 0 nitrogen and oxygen atoms in total. The van der Waals surface area contributed by atoms with Gasteiger partial charge in [-0.3, -0.25) is 0 Å². The van der Waals surface area contributed by atoms with Gasteiger partial charge >= 0.3 is 0 Å². The van der Waals surface area contributed by atoms with Crippen LogP contribution in [0.4, 0.5) is 0 Å². The van der Waals surface area contributed by atoms with Crippen molar-refractivity contribution in [1.82, 2.24) is 0 Å². The Morgan fingerprint density at radius 1 is 0.857 bits per heavy atom. The van der Waals surface area contributed by atoms with Crippen molar-refractivity contribution in [3.8, 4) is 0 Å². The highest BCUT2D eigenvalue weighted by Gasteiger charge is 2.09. The van der Waals surface area contributed by atoms with Gasteiger partial charge in [-0.1, -0.05) is 74.7 Å². The van der Waals surface area contributed by atoms with Crippen molar-refractivity contribution in [2.45, 2.75) is 74.7 Å². The zero-order valence-corrected chi connectivity index (χ0v) is 11.8. The maximum Gasteiger partial charge on any atom is -0.0359 e. The van der Waals surface area contributed by atoms with Crippen LogP contribution in [0.15, 0.2) is 0 Å². The lowest BCUT2D eigenvalue weighted by atomic mass is 9.88. The summed E-state index contributed by atoms with van der Waals surface area (Å²) in [6.07, 6.45) is 3.91. The van der Waals surface area contributed by atoms with Crippen LogP contribution < -0.4 is 0 Å². The third-order valence-corrected chi connectivity index (χ3v) is 3.70. The molecule has 0 N–H and O–H groups in total. The van der Waals surface area contributed by atoms with E-state index in [-0.39, 0.29) is 0 Å². The van der Waals surface area contributed by atoms with Gasteiger partial charge in [0.15, 0.2) is 0 Å². The molecule has 0 saturated heterocycles. The van der Waals surface area contributed by atoms with Crippen molar-refractivity contribution < 1.29 is 0 Å². The van der Waals surface area contributed by atoms with Crippen molar-refractivity contribution in [1.29, 1.82) is 0 Å². The summed E-state index contributed by atoms with van der Waals surface area (Å²) in [5.41, 5.74) is 0.583. The highest BCUT2D eigenvalue weighted by atomic mass is 14.1. The summed E-state index contributed by atoms with van der Waals surface area (Å²) in [7, 11) is 0. The fourth-order valence-electron chi connectivity index (χ4n) is 0.721. The monoisotopic (exact) mass is 200 g/mol. The SMILES string of the molecule is CCC(C)(C)CC.CCC(C)C(C)C. The third-order valence-electron chi connectivity index (χ3n) is 3.70. The summed E-state index contributed by atoms with van der Waals surface area (Å²) in [5.74, 6) is 1.77. The van der Waals surface area contributed by atoms with E-state index in [1.807, 2.05) is 0 Å². The second-order valence-corrected chi connectivity index (χ2v) is 5.50. The highest BCUT2D eigenvalue weighted by molar-refractivity contribution is 4.61. The average molecular weight is 200 g/mol. The van der Waals surface area contributed by atoms with Crippen LogP contribution in [0.5, 0.6) is 0 Å². The van der Waals surface area contributed by atoms with Crippen molar-refractivity contribution >= 4 is 0 Å². The Morgan fingerprint density at radius 2 is 1.21 bits per heavy atom. The molecule has 14 heavy (non-hydrogen) atoms. The molecule has 0 aromatic carbocycles. The molecule has 0 heterocycles. The molecule has 0 bridgehead atoms. The second kappa shape index (κ2) is 8.32. The molecule has 0 aliphatic rings. The Kier molecular flexibility index (Phi) is 9.76. The molecule has 0 amide bonds. The lowest BCUT2D eigenvalue weighted by Gasteiger charge is -2.18. The molecule has 0 spiro atoms. The zero-order chi connectivity index (χ0) is 11.8. The second-order valence-electron chi connectivity index (χ2n) is 5.50. The van der Waals surface area contributed by atoms with Gasteiger partial charge < -0.3 is 0 Å². The fourth-order valence-corrected chi connectivity index (χ4v) is 0.721. The van der Waals surface area contributed by atoms with Gasteiger partial charge in [-0.25, -0.2) is 0 Å². The third kappa shape index (κ3) is 10.1. The minimum atomic E-state index is 0.583. The minimum absolute atomic E-state index is 0.583. The van der Waals surface area contributed by atoms with E-state index in [2.05, 4.69) is 55.4 Å². The van der Waals surface area contributed by atoms with Crippen LogP contribution in [-0.2, 0) is 0 Å². The predicted octanol–water partition coefficient (Wildman–Crippen LogP) is 5.52. The molecule has 0 aromatic rings. The molecule has 0 rings (SSSR count). The van der Waals surface area contributed by atoms with Gasteiger partial charge in [0.1, 0.15) is 0 Å². The summed E-state index contributed by atoms with van der Waals surface area (Å²) in [4.78, 5) is 0. The largest absolute Gasteiger partial charge is 0.0651 e. The van der Waals surface area contributed by atoms with Gasteiger partial charge in [-0.2, -0.15) is 0 Å². The first-order chi connectivity index (χ1) is 6.30. The molecular formula is C14H32. The summed E-state index contributed by atoms with van der Waals surface area (Å²) in [6, 6.07) is 0. The van der Waals surface area contributed by atoms with E-state index in [4.69, 9.17) is 0 Å². The molecule has 0 radical (unpaired) electrons. The van der Waals surface area contributed by atoms with E-state index in [1.165, 1.54) is 19.3 Å². The lowest BCUT2D eigenvalue weighted by molar-refractivity contribution is 0.338. The van der Waals surface area contributed by atoms with E-state index >= 15 is 0 Å². The molecule has 88 valence electrons. The van der Waals surface area contributed by atoms with Crippen molar-refractivity contribution in [3.05, 3.63) is 0 Å². The first-order valence-corrected chi connectivity index (χ1v) is 6.30. The van der Waals surface area contributed by atoms with Gasteiger partial charge in [0.2, 0.25) is 0 Å². The van der Waals surface area contributed by atoms with Crippen molar-refractivity contribution in [2.24, 2.45) is 17.3 Å². The smallest absolute Gasteiger partial charge is 0.0359 e. The van der Waals surface area contributed by atoms with Crippen LogP contribution in [0, 0.1) is 17.3 Å². The highest BCUT2D eigenvalue weighted by Crippen LogP contribution is 2.22. The van der Waals surface area contributed by atoms with Crippen molar-refractivity contribution in [2.75, 3.05) is 0 Å². The first kappa shape index (κ1) is 16.4. The summed E-state index contributed by atoms with van der Waals surface area (Å²) < 4.78 is 0. The van der Waals surface area contributed by atoms with Crippen LogP contribution in [0.25, 0.3) is 0 Å². The fraction of sp³-hybridized carbons (Fsp3) is 1.00. The van der Waals surface area contributed by atoms with E-state index in [1.54, 1.807) is 0 Å². The molecule has 0 heteroatoms. The molecule has 1 atom stereocenters. The Hall–Kier alpha value is 0. The summed E-state index contributed by atoms with van der Waals surface area (Å²) >= 11 is 0. The minimum Gasteiger partial charge on any atom is -0.0651 e. The average Bonchev–Trinajstić information content (AvgIpc) is 2.17. The predicted molar refractivity (Wildman–Crippen MR) is 68.7 cm³/mol. The lowest BCUT2D eigenvalue weighted by Crippen LogP contribution is -2.05. The van der Waals surface area contributed by atoms with E-state index in [0.29, 0.717) is 5.41 Å².